The number of rotatable bonds is 5. The molecule has 1 aromatic carbocycles. The molecule has 1 fully saturated rings. The maximum absolute atomic E-state index is 13.0. The zero-order chi connectivity index (χ0) is 18.9. The summed E-state index contributed by atoms with van der Waals surface area (Å²) in [6.45, 7) is 2.18. The highest BCUT2D eigenvalue weighted by molar-refractivity contribution is 7.89. The number of hydrogen-bond acceptors (Lipinski definition) is 6. The van der Waals surface area contributed by atoms with Crippen LogP contribution < -0.4 is 5.76 Å². The lowest BCUT2D eigenvalue weighted by atomic mass is 10.0. The Balaban J connectivity index is 2.01. The molecule has 1 aliphatic heterocycles. The zero-order valence-corrected chi connectivity index (χ0v) is 15.6. The third-order valence-corrected chi connectivity index (χ3v) is 6.75. The summed E-state index contributed by atoms with van der Waals surface area (Å²) in [5.74, 6) is -1.32. The van der Waals surface area contributed by atoms with Gasteiger partial charge in [0, 0.05) is 18.7 Å². The van der Waals surface area contributed by atoms with E-state index in [4.69, 9.17) is 4.42 Å². The normalized spacial score (nSPS) is 18.9. The molecule has 0 bridgehead atoms. The SMILES string of the molecule is CCC1CCCCN1S(=O)(=O)c1ccc2c(c1)oc(=O)n2CC(=O)OC. The van der Waals surface area contributed by atoms with Gasteiger partial charge in [0.2, 0.25) is 10.0 Å². The molecule has 0 amide bonds. The number of carbonyl (C=O) groups excluding carboxylic acids is 1. The standard InChI is InChI=1S/C17H22N2O6S/c1-3-12-6-4-5-9-19(12)26(22,23)13-7-8-14-15(10-13)25-17(21)18(14)11-16(20)24-2/h7-8,10,12H,3-6,9,11H2,1-2H3. The lowest BCUT2D eigenvalue weighted by Crippen LogP contribution is -2.43. The van der Waals surface area contributed by atoms with Crippen LogP contribution in [0.2, 0.25) is 0 Å². The van der Waals surface area contributed by atoms with E-state index in [2.05, 4.69) is 4.74 Å². The lowest BCUT2D eigenvalue weighted by Gasteiger charge is -2.34. The van der Waals surface area contributed by atoms with Gasteiger partial charge in [-0.05, 0) is 31.4 Å². The largest absolute Gasteiger partial charge is 0.468 e. The molecule has 8 nitrogen and oxygen atoms in total. The van der Waals surface area contributed by atoms with Gasteiger partial charge >= 0.3 is 11.7 Å². The van der Waals surface area contributed by atoms with E-state index in [1.54, 1.807) is 4.31 Å². The van der Waals surface area contributed by atoms with Crippen LogP contribution in [0.1, 0.15) is 32.6 Å². The van der Waals surface area contributed by atoms with Gasteiger partial charge in [0.15, 0.2) is 5.58 Å². The zero-order valence-electron chi connectivity index (χ0n) is 14.8. The number of piperidine rings is 1. The van der Waals surface area contributed by atoms with E-state index in [0.29, 0.717) is 12.1 Å². The van der Waals surface area contributed by atoms with Gasteiger partial charge in [-0.15, -0.1) is 0 Å². The highest BCUT2D eigenvalue weighted by atomic mass is 32.2. The van der Waals surface area contributed by atoms with Crippen molar-refractivity contribution < 1.29 is 22.4 Å². The number of sulfonamides is 1. The molecule has 2 aromatic rings. The summed E-state index contributed by atoms with van der Waals surface area (Å²) in [6.07, 6.45) is 3.46. The summed E-state index contributed by atoms with van der Waals surface area (Å²) >= 11 is 0. The first-order valence-corrected chi connectivity index (χ1v) is 10.0. The Morgan fingerprint density at radius 2 is 2.12 bits per heavy atom. The van der Waals surface area contributed by atoms with Gasteiger partial charge in [-0.2, -0.15) is 4.31 Å². The Kier molecular flexibility index (Phi) is 5.19. The maximum atomic E-state index is 13.0. The van der Waals surface area contributed by atoms with E-state index in [1.165, 1.54) is 25.3 Å². The summed E-state index contributed by atoms with van der Waals surface area (Å²) in [6, 6.07) is 4.27. The molecule has 142 valence electrons. The van der Waals surface area contributed by atoms with Crippen LogP contribution in [0.15, 0.2) is 32.3 Å². The first-order chi connectivity index (χ1) is 12.4. The van der Waals surface area contributed by atoms with Gasteiger partial charge in [-0.25, -0.2) is 13.2 Å². The highest BCUT2D eigenvalue weighted by Crippen LogP contribution is 2.28. The van der Waals surface area contributed by atoms with Crippen molar-refractivity contribution in [1.29, 1.82) is 0 Å². The minimum absolute atomic E-state index is 0.0135. The number of aromatic nitrogens is 1. The Morgan fingerprint density at radius 1 is 1.35 bits per heavy atom. The molecule has 3 rings (SSSR count). The van der Waals surface area contributed by atoms with Crippen LogP contribution in [0.4, 0.5) is 0 Å². The average Bonchev–Trinajstić information content (AvgIpc) is 2.96. The number of esters is 1. The molecular formula is C17H22N2O6S. The van der Waals surface area contributed by atoms with Gasteiger partial charge in [0.05, 0.1) is 17.5 Å². The van der Waals surface area contributed by atoms with Crippen LogP contribution in [0.25, 0.3) is 11.1 Å². The molecule has 0 N–H and O–H groups in total. The fraction of sp³-hybridized carbons (Fsp3) is 0.529. The van der Waals surface area contributed by atoms with E-state index in [0.717, 1.165) is 30.3 Å². The monoisotopic (exact) mass is 382 g/mol. The van der Waals surface area contributed by atoms with Gasteiger partial charge in [-0.1, -0.05) is 13.3 Å². The topological polar surface area (TPSA) is 98.8 Å². The molecule has 0 spiro atoms. The molecule has 2 heterocycles. The minimum atomic E-state index is -3.68. The van der Waals surface area contributed by atoms with Gasteiger partial charge in [0.1, 0.15) is 6.54 Å². The smallest absolute Gasteiger partial charge is 0.420 e. The van der Waals surface area contributed by atoms with Crippen LogP contribution in [0.5, 0.6) is 0 Å². The van der Waals surface area contributed by atoms with Crippen molar-refractivity contribution in [3.63, 3.8) is 0 Å². The van der Waals surface area contributed by atoms with Crippen molar-refractivity contribution in [3.05, 3.63) is 28.7 Å². The quantitative estimate of drug-likeness (QED) is 0.730. The van der Waals surface area contributed by atoms with Crippen LogP contribution in [0.3, 0.4) is 0 Å². The Bertz CT molecular complexity index is 975. The molecule has 9 heteroatoms. The average molecular weight is 382 g/mol. The second kappa shape index (κ2) is 7.24. The molecule has 0 radical (unpaired) electrons. The van der Waals surface area contributed by atoms with Crippen molar-refractivity contribution in [3.8, 4) is 0 Å². The molecule has 26 heavy (non-hydrogen) atoms. The number of oxazole rings is 1. The first kappa shape index (κ1) is 18.7. The number of nitrogens with zero attached hydrogens (tertiary/aromatic N) is 2. The van der Waals surface area contributed by atoms with Crippen molar-refractivity contribution >= 4 is 27.1 Å². The van der Waals surface area contributed by atoms with E-state index >= 15 is 0 Å². The van der Waals surface area contributed by atoms with Crippen molar-refractivity contribution in [1.82, 2.24) is 8.87 Å². The Morgan fingerprint density at radius 3 is 2.81 bits per heavy atom. The summed E-state index contributed by atoms with van der Waals surface area (Å²) in [5, 5.41) is 0. The van der Waals surface area contributed by atoms with Crippen LogP contribution in [-0.2, 0) is 26.1 Å². The lowest BCUT2D eigenvalue weighted by molar-refractivity contribution is -0.141. The highest BCUT2D eigenvalue weighted by Gasteiger charge is 2.33. The Labute approximate surface area is 151 Å². The van der Waals surface area contributed by atoms with Gasteiger partial charge in [0.25, 0.3) is 0 Å². The predicted octanol–water partition coefficient (Wildman–Crippen LogP) is 1.72. The summed E-state index contributed by atoms with van der Waals surface area (Å²) < 4.78 is 38.4. The number of hydrogen-bond donors (Lipinski definition) is 0. The van der Waals surface area contributed by atoms with Gasteiger partial charge in [-0.3, -0.25) is 9.36 Å². The molecule has 1 aliphatic rings. The number of carbonyl (C=O) groups is 1. The van der Waals surface area contributed by atoms with Crippen LogP contribution >= 0.6 is 0 Å². The fourth-order valence-corrected chi connectivity index (χ4v) is 5.17. The number of fused-ring (bicyclic) bond motifs is 1. The summed E-state index contributed by atoms with van der Waals surface area (Å²) in [4.78, 5) is 23.5. The van der Waals surface area contributed by atoms with Crippen molar-refractivity contribution in [2.75, 3.05) is 13.7 Å². The Hall–Kier alpha value is -2.13. The summed E-state index contributed by atoms with van der Waals surface area (Å²) in [5.41, 5.74) is 0.482. The number of ether oxygens (including phenoxy) is 1. The molecule has 1 atom stereocenters. The molecule has 1 aromatic heterocycles. The van der Waals surface area contributed by atoms with Crippen molar-refractivity contribution in [2.24, 2.45) is 0 Å². The molecule has 1 saturated heterocycles. The van der Waals surface area contributed by atoms with E-state index < -0.39 is 21.7 Å². The second-order valence-corrected chi connectivity index (χ2v) is 8.22. The fourth-order valence-electron chi connectivity index (χ4n) is 3.38. The minimum Gasteiger partial charge on any atom is -0.468 e. The van der Waals surface area contributed by atoms with E-state index in [-0.39, 0.29) is 23.1 Å². The summed E-state index contributed by atoms with van der Waals surface area (Å²) in [7, 11) is -2.45. The van der Waals surface area contributed by atoms with Crippen LogP contribution in [0, 0.1) is 0 Å². The van der Waals surface area contributed by atoms with Crippen molar-refractivity contribution in [2.45, 2.75) is 50.1 Å². The number of benzene rings is 1. The third-order valence-electron chi connectivity index (χ3n) is 4.81. The first-order valence-electron chi connectivity index (χ1n) is 8.60. The third kappa shape index (κ3) is 3.28. The number of methoxy groups -OCH3 is 1. The van der Waals surface area contributed by atoms with Gasteiger partial charge < -0.3 is 9.15 Å². The predicted molar refractivity (Wildman–Crippen MR) is 94.3 cm³/mol. The second-order valence-electron chi connectivity index (χ2n) is 6.33. The van der Waals surface area contributed by atoms with E-state index in [9.17, 15) is 18.0 Å². The maximum Gasteiger partial charge on any atom is 0.420 e. The molecule has 0 aliphatic carbocycles. The van der Waals surface area contributed by atoms with Crippen LogP contribution in [-0.4, -0.2) is 43.0 Å². The molecule has 0 saturated carbocycles. The van der Waals surface area contributed by atoms with E-state index in [1.807, 2.05) is 6.92 Å². The molecule has 1 unspecified atom stereocenters. The molecular weight excluding hydrogens is 360 g/mol.